The normalized spacial score (nSPS) is 24.9. The number of benzene rings is 1. The molecule has 0 radical (unpaired) electrons. The van der Waals surface area contributed by atoms with E-state index in [0.717, 1.165) is 5.56 Å². The first-order valence-corrected chi connectivity index (χ1v) is 10.0. The van der Waals surface area contributed by atoms with Crippen LogP contribution in [0, 0.1) is 0 Å². The maximum atomic E-state index is 11.7. The van der Waals surface area contributed by atoms with Gasteiger partial charge in [-0.25, -0.2) is 4.68 Å². The highest BCUT2D eigenvalue weighted by atomic mass is 16.7. The van der Waals surface area contributed by atoms with E-state index < -0.39 is 48.6 Å². The molecule has 11 nitrogen and oxygen atoms in total. The maximum absolute atomic E-state index is 11.7. The molecule has 1 fully saturated rings. The van der Waals surface area contributed by atoms with Gasteiger partial charge in [-0.3, -0.25) is 14.4 Å². The second-order valence-corrected chi connectivity index (χ2v) is 7.29. The van der Waals surface area contributed by atoms with Crippen LogP contribution in [0.2, 0.25) is 0 Å². The van der Waals surface area contributed by atoms with Gasteiger partial charge in [0.05, 0.1) is 18.8 Å². The van der Waals surface area contributed by atoms with Crippen molar-refractivity contribution in [2.75, 3.05) is 0 Å². The van der Waals surface area contributed by atoms with Gasteiger partial charge in [-0.15, -0.1) is 0 Å². The Bertz CT molecular complexity index is 948. The SMILES string of the molecule is CC(=O)O[C@H]1[C@@H](OC(C)=O)[C@@H](C)O[C@H](Oc2cn(Cc3ccccc3)nn2)[C@@H]1OC(C)=O. The minimum absolute atomic E-state index is 0.114. The van der Waals surface area contributed by atoms with Crippen LogP contribution in [-0.2, 0) is 39.9 Å². The number of carbonyl (C=O) groups excluding carboxylic acids is 3. The minimum atomic E-state index is -1.21. The number of esters is 3. The number of carbonyl (C=O) groups is 3. The predicted molar refractivity (Wildman–Crippen MR) is 107 cm³/mol. The fraction of sp³-hybridized carbons (Fsp3) is 0.476. The lowest BCUT2D eigenvalue weighted by Crippen LogP contribution is -2.62. The van der Waals surface area contributed by atoms with E-state index in [1.165, 1.54) is 20.8 Å². The minimum Gasteiger partial charge on any atom is -0.456 e. The van der Waals surface area contributed by atoms with E-state index in [4.69, 9.17) is 23.7 Å². The van der Waals surface area contributed by atoms with Crippen molar-refractivity contribution in [2.24, 2.45) is 0 Å². The molecule has 0 amide bonds. The Labute approximate surface area is 184 Å². The van der Waals surface area contributed by atoms with Crippen LogP contribution in [-0.4, -0.2) is 63.6 Å². The van der Waals surface area contributed by atoms with Gasteiger partial charge < -0.3 is 23.7 Å². The van der Waals surface area contributed by atoms with Gasteiger partial charge >= 0.3 is 17.9 Å². The van der Waals surface area contributed by atoms with Crippen molar-refractivity contribution >= 4 is 17.9 Å². The van der Waals surface area contributed by atoms with E-state index >= 15 is 0 Å². The van der Waals surface area contributed by atoms with Crippen molar-refractivity contribution in [2.45, 2.75) is 64.9 Å². The highest BCUT2D eigenvalue weighted by molar-refractivity contribution is 5.68. The molecule has 1 aromatic heterocycles. The molecule has 0 N–H and O–H groups in total. The number of hydrogen-bond acceptors (Lipinski definition) is 10. The van der Waals surface area contributed by atoms with Crippen LogP contribution < -0.4 is 4.74 Å². The smallest absolute Gasteiger partial charge is 0.303 e. The standard InChI is InChI=1S/C21H25N3O8/c1-12-18(29-13(2)25)19(30-14(3)26)20(31-15(4)27)21(28-12)32-17-11-24(23-22-17)10-16-8-6-5-7-9-16/h5-9,11-12,18-21H,10H2,1-4H3/t12-,18+,19+,20-,21-/m1/s1. The summed E-state index contributed by atoms with van der Waals surface area (Å²) in [5, 5.41) is 8.00. The summed E-state index contributed by atoms with van der Waals surface area (Å²) in [5.74, 6) is -1.80. The largest absolute Gasteiger partial charge is 0.456 e. The van der Waals surface area contributed by atoms with Crippen molar-refractivity contribution in [3.05, 3.63) is 42.1 Å². The molecule has 0 aliphatic carbocycles. The van der Waals surface area contributed by atoms with Gasteiger partial charge in [0.25, 0.3) is 5.88 Å². The zero-order chi connectivity index (χ0) is 23.3. The third-order valence-corrected chi connectivity index (χ3v) is 4.58. The Morgan fingerprint density at radius 1 is 0.938 bits per heavy atom. The third kappa shape index (κ3) is 6.03. The molecule has 172 valence electrons. The average Bonchev–Trinajstić information content (AvgIpc) is 3.14. The summed E-state index contributed by atoms with van der Waals surface area (Å²) in [5.41, 5.74) is 1.02. The maximum Gasteiger partial charge on any atom is 0.303 e. The molecular weight excluding hydrogens is 422 g/mol. The summed E-state index contributed by atoms with van der Waals surface area (Å²) in [6.07, 6.45) is -3.73. The van der Waals surface area contributed by atoms with Crippen molar-refractivity contribution in [1.29, 1.82) is 0 Å². The first kappa shape index (κ1) is 23.2. The highest BCUT2D eigenvalue weighted by Gasteiger charge is 2.51. The molecule has 0 unspecified atom stereocenters. The van der Waals surface area contributed by atoms with Gasteiger partial charge in [-0.2, -0.15) is 0 Å². The van der Waals surface area contributed by atoms with Crippen LogP contribution in [0.1, 0.15) is 33.3 Å². The van der Waals surface area contributed by atoms with Crippen molar-refractivity contribution in [3.63, 3.8) is 0 Å². The summed E-state index contributed by atoms with van der Waals surface area (Å²) in [6.45, 7) is 5.69. The van der Waals surface area contributed by atoms with E-state index in [9.17, 15) is 14.4 Å². The van der Waals surface area contributed by atoms with Crippen LogP contribution >= 0.6 is 0 Å². The van der Waals surface area contributed by atoms with Crippen LogP contribution in [0.3, 0.4) is 0 Å². The Morgan fingerprint density at radius 3 is 2.16 bits per heavy atom. The molecule has 1 aromatic carbocycles. The zero-order valence-corrected chi connectivity index (χ0v) is 18.2. The fourth-order valence-corrected chi connectivity index (χ4v) is 3.37. The summed E-state index contributed by atoms with van der Waals surface area (Å²) in [6, 6.07) is 9.64. The summed E-state index contributed by atoms with van der Waals surface area (Å²) in [7, 11) is 0. The second-order valence-electron chi connectivity index (χ2n) is 7.29. The molecule has 32 heavy (non-hydrogen) atoms. The van der Waals surface area contributed by atoms with E-state index in [1.807, 2.05) is 30.3 Å². The molecule has 0 bridgehead atoms. The van der Waals surface area contributed by atoms with Gasteiger partial charge in [0, 0.05) is 20.8 Å². The Morgan fingerprint density at radius 2 is 1.53 bits per heavy atom. The molecule has 1 aliphatic heterocycles. The first-order chi connectivity index (χ1) is 15.2. The number of hydrogen-bond donors (Lipinski definition) is 0. The number of aromatic nitrogens is 3. The van der Waals surface area contributed by atoms with E-state index in [1.54, 1.807) is 17.8 Å². The molecule has 1 aliphatic rings. The summed E-state index contributed by atoms with van der Waals surface area (Å²) >= 11 is 0. The molecule has 11 heteroatoms. The fourth-order valence-electron chi connectivity index (χ4n) is 3.37. The summed E-state index contributed by atoms with van der Waals surface area (Å²) in [4.78, 5) is 35.0. The van der Waals surface area contributed by atoms with Gasteiger partial charge in [-0.05, 0) is 12.5 Å². The van der Waals surface area contributed by atoms with Gasteiger partial charge in [0.1, 0.15) is 0 Å². The van der Waals surface area contributed by atoms with E-state index in [-0.39, 0.29) is 5.88 Å². The highest BCUT2D eigenvalue weighted by Crippen LogP contribution is 2.30. The van der Waals surface area contributed by atoms with Crippen molar-refractivity contribution in [3.8, 4) is 5.88 Å². The monoisotopic (exact) mass is 447 g/mol. The van der Waals surface area contributed by atoms with Crippen LogP contribution in [0.4, 0.5) is 0 Å². The lowest BCUT2D eigenvalue weighted by Gasteiger charge is -2.42. The Hall–Kier alpha value is -3.47. The molecule has 2 heterocycles. The second kappa shape index (κ2) is 10.2. The van der Waals surface area contributed by atoms with Crippen LogP contribution in [0.25, 0.3) is 0 Å². The van der Waals surface area contributed by atoms with E-state index in [0.29, 0.717) is 6.54 Å². The van der Waals surface area contributed by atoms with Gasteiger partial charge in [0.2, 0.25) is 12.4 Å². The first-order valence-electron chi connectivity index (χ1n) is 10.0. The average molecular weight is 447 g/mol. The lowest BCUT2D eigenvalue weighted by molar-refractivity contribution is -0.280. The Balaban J connectivity index is 1.81. The molecule has 0 saturated carbocycles. The molecule has 2 aromatic rings. The zero-order valence-electron chi connectivity index (χ0n) is 18.2. The number of rotatable bonds is 7. The third-order valence-electron chi connectivity index (χ3n) is 4.58. The van der Waals surface area contributed by atoms with Crippen molar-refractivity contribution < 1.29 is 38.1 Å². The molecule has 5 atom stereocenters. The molecular formula is C21H25N3O8. The van der Waals surface area contributed by atoms with E-state index in [2.05, 4.69) is 10.3 Å². The number of nitrogens with zero attached hydrogens (tertiary/aromatic N) is 3. The van der Waals surface area contributed by atoms with Crippen LogP contribution in [0.15, 0.2) is 36.5 Å². The summed E-state index contributed by atoms with van der Waals surface area (Å²) < 4.78 is 29.1. The quantitative estimate of drug-likeness (QED) is 0.452. The predicted octanol–water partition coefficient (Wildman–Crippen LogP) is 1.25. The molecule has 3 rings (SSSR count). The van der Waals surface area contributed by atoms with Crippen LogP contribution in [0.5, 0.6) is 5.88 Å². The topological polar surface area (TPSA) is 128 Å². The molecule has 0 spiro atoms. The lowest BCUT2D eigenvalue weighted by atomic mass is 9.99. The Kier molecular flexibility index (Phi) is 7.41. The van der Waals surface area contributed by atoms with Gasteiger partial charge in [-0.1, -0.05) is 40.6 Å². The van der Waals surface area contributed by atoms with Crippen molar-refractivity contribution in [1.82, 2.24) is 15.0 Å². The number of ether oxygens (including phenoxy) is 5. The van der Waals surface area contributed by atoms with Gasteiger partial charge in [0.15, 0.2) is 12.2 Å². The molecule has 1 saturated heterocycles.